The van der Waals surface area contributed by atoms with Gasteiger partial charge in [0.1, 0.15) is 6.33 Å². The van der Waals surface area contributed by atoms with Gasteiger partial charge in [-0.15, -0.1) is 0 Å². The molecule has 3 heterocycles. The van der Waals surface area contributed by atoms with E-state index in [1.165, 1.54) is 30.5 Å². The summed E-state index contributed by atoms with van der Waals surface area (Å²) in [4.78, 5) is 15.4. The summed E-state index contributed by atoms with van der Waals surface area (Å²) < 4.78 is 0. The van der Waals surface area contributed by atoms with Crippen LogP contribution in [0.2, 0.25) is 0 Å². The lowest BCUT2D eigenvalue weighted by Gasteiger charge is -2.20. The number of aromatic nitrogens is 3. The molecule has 0 spiro atoms. The second-order valence-corrected chi connectivity index (χ2v) is 6.64. The van der Waals surface area contributed by atoms with Gasteiger partial charge >= 0.3 is 0 Å². The predicted molar refractivity (Wildman–Crippen MR) is 96.7 cm³/mol. The predicted octanol–water partition coefficient (Wildman–Crippen LogP) is 3.72. The van der Waals surface area contributed by atoms with Crippen molar-refractivity contribution in [2.24, 2.45) is 0 Å². The van der Waals surface area contributed by atoms with E-state index in [1.54, 1.807) is 6.33 Å². The van der Waals surface area contributed by atoms with E-state index in [9.17, 15) is 0 Å². The third-order valence-corrected chi connectivity index (χ3v) is 5.02. The molecule has 0 N–H and O–H groups in total. The van der Waals surface area contributed by atoms with Gasteiger partial charge in [-0.1, -0.05) is 12.1 Å². The molecule has 4 rings (SSSR count). The average Bonchev–Trinajstić information content (AvgIpc) is 3.05. The van der Waals surface area contributed by atoms with Gasteiger partial charge in [0.2, 0.25) is 0 Å². The molecule has 0 amide bonds. The Balaban J connectivity index is 1.53. The molecule has 0 saturated carbocycles. The van der Waals surface area contributed by atoms with Crippen molar-refractivity contribution >= 4 is 10.8 Å². The van der Waals surface area contributed by atoms with E-state index < -0.39 is 0 Å². The molecule has 3 aromatic rings. The quantitative estimate of drug-likeness (QED) is 0.735. The van der Waals surface area contributed by atoms with Crippen LogP contribution in [0, 0.1) is 0 Å². The summed E-state index contributed by atoms with van der Waals surface area (Å²) >= 11 is 0. The molecule has 0 aliphatic carbocycles. The van der Waals surface area contributed by atoms with Gasteiger partial charge in [0.15, 0.2) is 0 Å². The van der Waals surface area contributed by atoms with Crippen LogP contribution >= 0.6 is 0 Å². The first kappa shape index (κ1) is 15.2. The number of pyridine rings is 1. The molecular formula is C20H22N4. The fraction of sp³-hybridized carbons (Fsp3) is 0.350. The summed E-state index contributed by atoms with van der Waals surface area (Å²) in [6, 6.07) is 9.41. The SMILES string of the molecule is CC1CCCN1CCc1cc2ccc(-c3cncnc3)cc2cn1. The van der Waals surface area contributed by atoms with Gasteiger partial charge in [0, 0.05) is 54.2 Å². The van der Waals surface area contributed by atoms with Gasteiger partial charge in [0.25, 0.3) is 0 Å². The summed E-state index contributed by atoms with van der Waals surface area (Å²) in [5.74, 6) is 0. The van der Waals surface area contributed by atoms with Crippen molar-refractivity contribution in [1.82, 2.24) is 19.9 Å². The molecule has 0 bridgehead atoms. The Hall–Kier alpha value is -2.33. The van der Waals surface area contributed by atoms with Crippen LogP contribution in [0.15, 0.2) is 49.2 Å². The van der Waals surface area contributed by atoms with Crippen LogP contribution in [0.25, 0.3) is 21.9 Å². The normalized spacial score (nSPS) is 18.3. The third-order valence-electron chi connectivity index (χ3n) is 5.02. The van der Waals surface area contributed by atoms with Crippen molar-refractivity contribution in [2.75, 3.05) is 13.1 Å². The molecule has 24 heavy (non-hydrogen) atoms. The molecule has 1 aromatic carbocycles. The van der Waals surface area contributed by atoms with Crippen molar-refractivity contribution in [1.29, 1.82) is 0 Å². The summed E-state index contributed by atoms with van der Waals surface area (Å²) in [5, 5.41) is 2.41. The lowest BCUT2D eigenvalue weighted by Crippen LogP contribution is -2.29. The van der Waals surface area contributed by atoms with Crippen molar-refractivity contribution < 1.29 is 0 Å². The Bertz CT molecular complexity index is 831. The lowest BCUT2D eigenvalue weighted by atomic mass is 10.0. The largest absolute Gasteiger partial charge is 0.300 e. The molecular weight excluding hydrogens is 296 g/mol. The fourth-order valence-corrected chi connectivity index (χ4v) is 3.53. The smallest absolute Gasteiger partial charge is 0.115 e. The standard InChI is InChI=1S/C20H22N4/c1-15-3-2-7-24(15)8-6-20-10-17-5-4-16(9-18(17)13-23-20)19-11-21-14-22-12-19/h4-5,9-15H,2-3,6-8H2,1H3. The molecule has 1 fully saturated rings. The van der Waals surface area contributed by atoms with E-state index in [-0.39, 0.29) is 0 Å². The first-order chi connectivity index (χ1) is 11.8. The molecule has 1 unspecified atom stereocenters. The van der Waals surface area contributed by atoms with Gasteiger partial charge in [0.05, 0.1) is 0 Å². The van der Waals surface area contributed by atoms with Crippen molar-refractivity contribution in [3.05, 3.63) is 54.9 Å². The molecule has 4 heteroatoms. The Kier molecular flexibility index (Phi) is 4.22. The lowest BCUT2D eigenvalue weighted by molar-refractivity contribution is 0.271. The Morgan fingerprint density at radius 3 is 2.71 bits per heavy atom. The molecule has 1 aliphatic rings. The van der Waals surface area contributed by atoms with Crippen LogP contribution in [0.3, 0.4) is 0 Å². The zero-order valence-electron chi connectivity index (χ0n) is 14.0. The number of nitrogens with zero attached hydrogens (tertiary/aromatic N) is 4. The van der Waals surface area contributed by atoms with Crippen molar-refractivity contribution in [2.45, 2.75) is 32.2 Å². The fourth-order valence-electron chi connectivity index (χ4n) is 3.53. The zero-order valence-corrected chi connectivity index (χ0v) is 14.0. The number of hydrogen-bond donors (Lipinski definition) is 0. The Morgan fingerprint density at radius 1 is 1.04 bits per heavy atom. The number of rotatable bonds is 4. The van der Waals surface area contributed by atoms with Gasteiger partial charge in [-0.2, -0.15) is 0 Å². The molecule has 1 aliphatic heterocycles. The minimum Gasteiger partial charge on any atom is -0.300 e. The van der Waals surface area contributed by atoms with Crippen LogP contribution in [-0.2, 0) is 6.42 Å². The molecule has 122 valence electrons. The first-order valence-electron chi connectivity index (χ1n) is 8.68. The van der Waals surface area contributed by atoms with Crippen molar-refractivity contribution in [3.8, 4) is 11.1 Å². The van der Waals surface area contributed by atoms with E-state index in [4.69, 9.17) is 0 Å². The number of benzene rings is 1. The van der Waals surface area contributed by atoms with Crippen molar-refractivity contribution in [3.63, 3.8) is 0 Å². The third kappa shape index (κ3) is 3.15. The summed E-state index contributed by atoms with van der Waals surface area (Å²) in [5.41, 5.74) is 3.34. The molecule has 2 aromatic heterocycles. The van der Waals surface area contributed by atoms with Crippen LogP contribution in [0.5, 0.6) is 0 Å². The van der Waals surface area contributed by atoms with Crippen LogP contribution in [0.4, 0.5) is 0 Å². The topological polar surface area (TPSA) is 41.9 Å². The maximum Gasteiger partial charge on any atom is 0.115 e. The average molecular weight is 318 g/mol. The number of hydrogen-bond acceptors (Lipinski definition) is 4. The maximum atomic E-state index is 4.67. The second kappa shape index (κ2) is 6.65. The Morgan fingerprint density at radius 2 is 1.92 bits per heavy atom. The number of fused-ring (bicyclic) bond motifs is 1. The summed E-state index contributed by atoms with van der Waals surface area (Å²) in [7, 11) is 0. The van der Waals surface area contributed by atoms with Crippen LogP contribution in [0.1, 0.15) is 25.5 Å². The van der Waals surface area contributed by atoms with E-state index in [2.05, 4.69) is 51.0 Å². The molecule has 1 saturated heterocycles. The van der Waals surface area contributed by atoms with Crippen LogP contribution < -0.4 is 0 Å². The highest BCUT2D eigenvalue weighted by molar-refractivity contribution is 5.86. The highest BCUT2D eigenvalue weighted by Gasteiger charge is 2.19. The first-order valence-corrected chi connectivity index (χ1v) is 8.68. The summed E-state index contributed by atoms with van der Waals surface area (Å²) in [6.07, 6.45) is 10.9. The van der Waals surface area contributed by atoms with Crippen LogP contribution in [-0.4, -0.2) is 39.0 Å². The van der Waals surface area contributed by atoms with Gasteiger partial charge in [-0.3, -0.25) is 4.98 Å². The highest BCUT2D eigenvalue weighted by atomic mass is 15.2. The maximum absolute atomic E-state index is 4.67. The zero-order chi connectivity index (χ0) is 16.4. The van der Waals surface area contributed by atoms with Gasteiger partial charge in [-0.25, -0.2) is 9.97 Å². The van der Waals surface area contributed by atoms with Gasteiger partial charge < -0.3 is 4.90 Å². The Labute approximate surface area is 142 Å². The van der Waals surface area contributed by atoms with E-state index in [0.29, 0.717) is 0 Å². The highest BCUT2D eigenvalue weighted by Crippen LogP contribution is 2.24. The number of likely N-dealkylation sites (tertiary alicyclic amines) is 1. The molecule has 0 radical (unpaired) electrons. The monoisotopic (exact) mass is 318 g/mol. The van der Waals surface area contributed by atoms with Gasteiger partial charge in [-0.05, 0) is 49.4 Å². The molecule has 1 atom stereocenters. The summed E-state index contributed by atoms with van der Waals surface area (Å²) in [6.45, 7) is 4.67. The van der Waals surface area contributed by atoms with E-state index in [0.717, 1.165) is 35.5 Å². The van der Waals surface area contributed by atoms with E-state index >= 15 is 0 Å². The minimum absolute atomic E-state index is 0.723. The van der Waals surface area contributed by atoms with E-state index in [1.807, 2.05) is 18.6 Å². The molecule has 4 nitrogen and oxygen atoms in total. The second-order valence-electron chi connectivity index (χ2n) is 6.64. The minimum atomic E-state index is 0.723.